The number of aromatic amines is 1. The number of H-pyrrole nitrogens is 1. The van der Waals surface area contributed by atoms with Crippen LogP contribution in [0, 0.1) is 0 Å². The molecular weight excluding hydrogens is 206 g/mol. The van der Waals surface area contributed by atoms with Crippen LogP contribution in [0.1, 0.15) is 12.2 Å². The maximum atomic E-state index is 5.53. The molecule has 14 heavy (non-hydrogen) atoms. The summed E-state index contributed by atoms with van der Waals surface area (Å²) in [5.41, 5.74) is 0. The smallest absolute Gasteiger partial charge is 0.148 e. The van der Waals surface area contributed by atoms with Crippen LogP contribution in [0.4, 0.5) is 0 Å². The molecule has 2 rings (SSSR count). The summed E-state index contributed by atoms with van der Waals surface area (Å²) in [5, 5.41) is 16.8. The lowest BCUT2D eigenvalue weighted by Crippen LogP contribution is -2.38. The second kappa shape index (κ2) is 5.90. The van der Waals surface area contributed by atoms with E-state index in [2.05, 4.69) is 25.9 Å². The average molecular weight is 220 g/mol. The molecule has 0 aromatic carbocycles. The van der Waals surface area contributed by atoms with Gasteiger partial charge in [-0.3, -0.25) is 0 Å². The summed E-state index contributed by atoms with van der Waals surface area (Å²) < 4.78 is 5.53. The van der Waals surface area contributed by atoms with Gasteiger partial charge < -0.3 is 10.1 Å². The van der Waals surface area contributed by atoms with E-state index in [1.807, 2.05) is 0 Å². The number of aryl methyl sites for hydroxylation is 1. The highest BCUT2D eigenvalue weighted by molar-refractivity contribution is 5.85. The second-order valence-corrected chi connectivity index (χ2v) is 3.08. The minimum Gasteiger partial charge on any atom is -0.376 e. The van der Waals surface area contributed by atoms with Crippen molar-refractivity contribution in [2.45, 2.75) is 18.9 Å². The topological polar surface area (TPSA) is 75.7 Å². The number of tetrazole rings is 1. The highest BCUT2D eigenvalue weighted by Gasteiger charge is 2.13. The first-order valence-corrected chi connectivity index (χ1v) is 4.50. The summed E-state index contributed by atoms with van der Waals surface area (Å²) in [7, 11) is 0. The van der Waals surface area contributed by atoms with Crippen molar-refractivity contribution in [1.29, 1.82) is 0 Å². The molecule has 80 valence electrons. The van der Waals surface area contributed by atoms with E-state index in [-0.39, 0.29) is 12.4 Å². The molecule has 1 saturated heterocycles. The number of nitrogens with zero attached hydrogens (tertiary/aromatic N) is 3. The molecule has 6 nitrogen and oxygen atoms in total. The standard InChI is InChI=1S/C7H13N5O.ClH/c1(2-7-9-11-12-10-7)6-5-8-3-4-13-6;/h6,8H,1-5H2,(H,9,10,11,12);1H/t6-;/m1./s1. The Hall–Kier alpha value is -0.720. The zero-order valence-electron chi connectivity index (χ0n) is 7.77. The Bertz CT molecular complexity index is 236. The Morgan fingerprint density at radius 2 is 2.43 bits per heavy atom. The number of ether oxygens (including phenoxy) is 1. The van der Waals surface area contributed by atoms with E-state index in [1.54, 1.807) is 0 Å². The van der Waals surface area contributed by atoms with Crippen LogP contribution in [0.2, 0.25) is 0 Å². The molecule has 0 amide bonds. The van der Waals surface area contributed by atoms with Gasteiger partial charge in [-0.15, -0.1) is 17.5 Å². The fourth-order valence-corrected chi connectivity index (χ4v) is 1.39. The maximum Gasteiger partial charge on any atom is 0.148 e. The number of aromatic nitrogens is 4. The van der Waals surface area contributed by atoms with Gasteiger partial charge in [0.15, 0.2) is 0 Å². The van der Waals surface area contributed by atoms with Gasteiger partial charge in [-0.2, -0.15) is 0 Å². The minimum absolute atomic E-state index is 0. The summed E-state index contributed by atoms with van der Waals surface area (Å²) in [6.45, 7) is 2.70. The van der Waals surface area contributed by atoms with Crippen LogP contribution in [-0.4, -0.2) is 46.4 Å². The third-order valence-corrected chi connectivity index (χ3v) is 2.10. The van der Waals surface area contributed by atoms with E-state index in [0.29, 0.717) is 6.10 Å². The van der Waals surface area contributed by atoms with Gasteiger partial charge in [0, 0.05) is 19.5 Å². The van der Waals surface area contributed by atoms with E-state index in [1.165, 1.54) is 0 Å². The monoisotopic (exact) mass is 219 g/mol. The van der Waals surface area contributed by atoms with Crippen molar-refractivity contribution < 1.29 is 4.74 Å². The molecule has 2 heterocycles. The number of hydrogen-bond donors (Lipinski definition) is 2. The van der Waals surface area contributed by atoms with Crippen LogP contribution in [0.5, 0.6) is 0 Å². The van der Waals surface area contributed by atoms with Crippen molar-refractivity contribution in [2.24, 2.45) is 0 Å². The fraction of sp³-hybridized carbons (Fsp3) is 0.857. The first kappa shape index (κ1) is 11.4. The summed E-state index contributed by atoms with van der Waals surface area (Å²) in [5.74, 6) is 0.828. The van der Waals surface area contributed by atoms with Crippen molar-refractivity contribution in [2.75, 3.05) is 19.7 Å². The zero-order chi connectivity index (χ0) is 8.93. The molecule has 1 aromatic rings. The van der Waals surface area contributed by atoms with Gasteiger partial charge in [0.2, 0.25) is 0 Å². The van der Waals surface area contributed by atoms with Crippen molar-refractivity contribution in [3.05, 3.63) is 5.82 Å². The molecule has 1 fully saturated rings. The summed E-state index contributed by atoms with van der Waals surface area (Å²) in [6.07, 6.45) is 2.11. The summed E-state index contributed by atoms with van der Waals surface area (Å²) in [4.78, 5) is 0. The molecule has 0 radical (unpaired) electrons. The number of morpholine rings is 1. The molecule has 7 heteroatoms. The van der Waals surface area contributed by atoms with Gasteiger partial charge >= 0.3 is 0 Å². The van der Waals surface area contributed by atoms with Crippen LogP contribution in [0.3, 0.4) is 0 Å². The lowest BCUT2D eigenvalue weighted by atomic mass is 10.2. The third-order valence-electron chi connectivity index (χ3n) is 2.10. The third kappa shape index (κ3) is 3.21. The highest BCUT2D eigenvalue weighted by atomic mass is 35.5. The molecule has 0 unspecified atom stereocenters. The molecule has 1 aliphatic heterocycles. The van der Waals surface area contributed by atoms with Gasteiger partial charge in [-0.1, -0.05) is 0 Å². The van der Waals surface area contributed by atoms with Crippen molar-refractivity contribution in [3.63, 3.8) is 0 Å². The quantitative estimate of drug-likeness (QED) is 0.720. The Balaban J connectivity index is 0.000000980. The molecule has 1 aromatic heterocycles. The first-order chi connectivity index (χ1) is 6.45. The number of hydrogen-bond acceptors (Lipinski definition) is 5. The molecule has 0 spiro atoms. The molecule has 2 N–H and O–H groups in total. The van der Waals surface area contributed by atoms with Crippen molar-refractivity contribution in [1.82, 2.24) is 25.9 Å². The van der Waals surface area contributed by atoms with Crippen LogP contribution in [0.15, 0.2) is 0 Å². The van der Waals surface area contributed by atoms with Gasteiger partial charge in [0.25, 0.3) is 0 Å². The zero-order valence-corrected chi connectivity index (χ0v) is 8.59. The van der Waals surface area contributed by atoms with Crippen LogP contribution in [-0.2, 0) is 11.2 Å². The Kier molecular flexibility index (Phi) is 4.78. The molecule has 0 aliphatic carbocycles. The minimum atomic E-state index is 0. The van der Waals surface area contributed by atoms with Gasteiger partial charge in [0.1, 0.15) is 5.82 Å². The number of halogens is 1. The van der Waals surface area contributed by atoms with E-state index >= 15 is 0 Å². The summed E-state index contributed by atoms with van der Waals surface area (Å²) >= 11 is 0. The SMILES string of the molecule is C1CO[C@H](CCc2nnn[nH]2)CN1.Cl. The van der Waals surface area contributed by atoms with Gasteiger partial charge in [-0.25, -0.2) is 5.10 Å². The maximum absolute atomic E-state index is 5.53. The number of rotatable bonds is 3. The predicted octanol–water partition coefficient (Wildman–Crippen LogP) is -0.458. The Labute approximate surface area is 88.2 Å². The fourth-order valence-electron chi connectivity index (χ4n) is 1.39. The number of nitrogens with one attached hydrogen (secondary N) is 2. The van der Waals surface area contributed by atoms with E-state index < -0.39 is 0 Å². The lowest BCUT2D eigenvalue weighted by molar-refractivity contribution is 0.0235. The molecule has 0 saturated carbocycles. The largest absolute Gasteiger partial charge is 0.376 e. The predicted molar refractivity (Wildman–Crippen MR) is 52.4 cm³/mol. The van der Waals surface area contributed by atoms with E-state index in [4.69, 9.17) is 4.74 Å². The molecule has 1 aliphatic rings. The van der Waals surface area contributed by atoms with Crippen LogP contribution < -0.4 is 5.32 Å². The van der Waals surface area contributed by atoms with Crippen LogP contribution >= 0.6 is 12.4 Å². The first-order valence-electron chi connectivity index (χ1n) is 4.50. The van der Waals surface area contributed by atoms with Crippen molar-refractivity contribution >= 4 is 12.4 Å². The second-order valence-electron chi connectivity index (χ2n) is 3.08. The Morgan fingerprint density at radius 1 is 1.50 bits per heavy atom. The lowest BCUT2D eigenvalue weighted by Gasteiger charge is -2.22. The van der Waals surface area contributed by atoms with E-state index in [9.17, 15) is 0 Å². The van der Waals surface area contributed by atoms with Gasteiger partial charge in [0.05, 0.1) is 12.7 Å². The highest BCUT2D eigenvalue weighted by Crippen LogP contribution is 2.04. The molecule has 0 bridgehead atoms. The summed E-state index contributed by atoms with van der Waals surface area (Å²) in [6, 6.07) is 0. The average Bonchev–Trinajstić information content (AvgIpc) is 2.69. The normalized spacial score (nSPS) is 21.6. The molecular formula is C7H14ClN5O. The Morgan fingerprint density at radius 3 is 3.07 bits per heavy atom. The van der Waals surface area contributed by atoms with Crippen molar-refractivity contribution in [3.8, 4) is 0 Å². The van der Waals surface area contributed by atoms with E-state index in [0.717, 1.165) is 38.4 Å². The van der Waals surface area contributed by atoms with Gasteiger partial charge in [-0.05, 0) is 16.8 Å². The molecule has 1 atom stereocenters. The van der Waals surface area contributed by atoms with Crippen LogP contribution in [0.25, 0.3) is 0 Å².